The summed E-state index contributed by atoms with van der Waals surface area (Å²) in [4.78, 5) is 6.06. The zero-order valence-corrected chi connectivity index (χ0v) is 15.1. The number of para-hydroxylation sites is 1. The van der Waals surface area contributed by atoms with E-state index in [4.69, 9.17) is 0 Å². The predicted molar refractivity (Wildman–Crippen MR) is 103 cm³/mol. The summed E-state index contributed by atoms with van der Waals surface area (Å²) in [5.74, 6) is 0.752. The first-order valence-corrected chi connectivity index (χ1v) is 9.60. The van der Waals surface area contributed by atoms with E-state index in [1.165, 1.54) is 16.1 Å². The number of aliphatic hydroxyl groups is 1. The highest BCUT2D eigenvalue weighted by molar-refractivity contribution is 7.99. The molecule has 128 valence electrons. The summed E-state index contributed by atoms with van der Waals surface area (Å²) in [5.41, 5.74) is 2.68. The van der Waals surface area contributed by atoms with Crippen molar-refractivity contribution in [1.29, 1.82) is 0 Å². The van der Waals surface area contributed by atoms with Gasteiger partial charge in [-0.05, 0) is 30.7 Å². The molecule has 1 fully saturated rings. The van der Waals surface area contributed by atoms with Crippen molar-refractivity contribution in [2.75, 3.05) is 43.4 Å². The third-order valence-electron chi connectivity index (χ3n) is 4.48. The molecule has 0 amide bonds. The molecule has 0 bridgehead atoms. The van der Waals surface area contributed by atoms with Gasteiger partial charge in [0.1, 0.15) is 0 Å². The van der Waals surface area contributed by atoms with Crippen LogP contribution in [0.3, 0.4) is 0 Å². The zero-order chi connectivity index (χ0) is 16.8. The minimum Gasteiger partial charge on any atom is -0.391 e. The fraction of sp³-hybridized carbons (Fsp3) is 0.400. The number of aryl methyl sites for hydroxylation is 1. The van der Waals surface area contributed by atoms with Gasteiger partial charge in [0, 0.05) is 49.1 Å². The maximum absolute atomic E-state index is 10.3. The number of anilines is 1. The minimum absolute atomic E-state index is 0.278. The van der Waals surface area contributed by atoms with E-state index in [9.17, 15) is 5.11 Å². The number of hydrogen-bond donors (Lipinski definition) is 1. The van der Waals surface area contributed by atoms with Crippen molar-refractivity contribution in [3.8, 4) is 0 Å². The van der Waals surface area contributed by atoms with Gasteiger partial charge in [-0.15, -0.1) is 11.8 Å². The van der Waals surface area contributed by atoms with E-state index in [-0.39, 0.29) is 6.10 Å². The summed E-state index contributed by atoms with van der Waals surface area (Å²) in [6.07, 6.45) is -0.278. The first kappa shape index (κ1) is 17.3. The Morgan fingerprint density at radius 1 is 0.958 bits per heavy atom. The molecule has 3 nitrogen and oxygen atoms in total. The second-order valence-corrected chi connectivity index (χ2v) is 7.45. The van der Waals surface area contributed by atoms with Crippen LogP contribution in [0.5, 0.6) is 0 Å². The second kappa shape index (κ2) is 8.56. The fourth-order valence-electron chi connectivity index (χ4n) is 3.15. The quantitative estimate of drug-likeness (QED) is 0.815. The molecule has 24 heavy (non-hydrogen) atoms. The third-order valence-corrected chi connectivity index (χ3v) is 5.64. The van der Waals surface area contributed by atoms with E-state index >= 15 is 0 Å². The van der Waals surface area contributed by atoms with Gasteiger partial charge >= 0.3 is 0 Å². The van der Waals surface area contributed by atoms with Crippen LogP contribution in [0.2, 0.25) is 0 Å². The van der Waals surface area contributed by atoms with Gasteiger partial charge in [0.05, 0.1) is 6.10 Å². The Bertz CT molecular complexity index is 627. The molecular formula is C20H26N2OS. The molecule has 0 spiro atoms. The van der Waals surface area contributed by atoms with Gasteiger partial charge in [-0.2, -0.15) is 0 Å². The van der Waals surface area contributed by atoms with Crippen LogP contribution in [0, 0.1) is 6.92 Å². The van der Waals surface area contributed by atoms with Crippen molar-refractivity contribution in [1.82, 2.24) is 4.90 Å². The molecule has 0 aliphatic carbocycles. The number of thioether (sulfide) groups is 1. The largest absolute Gasteiger partial charge is 0.391 e. The highest BCUT2D eigenvalue weighted by atomic mass is 32.2. The topological polar surface area (TPSA) is 26.7 Å². The molecule has 0 radical (unpaired) electrons. The van der Waals surface area contributed by atoms with Crippen molar-refractivity contribution in [2.24, 2.45) is 0 Å². The molecular weight excluding hydrogens is 316 g/mol. The van der Waals surface area contributed by atoms with Crippen LogP contribution in [0.1, 0.15) is 5.56 Å². The molecule has 2 aromatic rings. The zero-order valence-electron chi connectivity index (χ0n) is 14.3. The monoisotopic (exact) mass is 342 g/mol. The molecule has 3 rings (SSSR count). The summed E-state index contributed by atoms with van der Waals surface area (Å²) in [6, 6.07) is 18.9. The van der Waals surface area contributed by atoms with Gasteiger partial charge in [0.25, 0.3) is 0 Å². The van der Waals surface area contributed by atoms with Crippen LogP contribution in [0.25, 0.3) is 0 Å². The molecule has 1 saturated heterocycles. The molecule has 2 aromatic carbocycles. The number of rotatable bonds is 6. The first-order chi connectivity index (χ1) is 11.7. The minimum atomic E-state index is -0.278. The Balaban J connectivity index is 1.43. The van der Waals surface area contributed by atoms with Gasteiger partial charge in [0.15, 0.2) is 0 Å². The van der Waals surface area contributed by atoms with Gasteiger partial charge in [-0.3, -0.25) is 4.90 Å². The van der Waals surface area contributed by atoms with Crippen LogP contribution in [0.15, 0.2) is 59.5 Å². The van der Waals surface area contributed by atoms with E-state index in [2.05, 4.69) is 53.1 Å². The van der Waals surface area contributed by atoms with E-state index in [1.807, 2.05) is 18.2 Å². The molecule has 4 heteroatoms. The van der Waals surface area contributed by atoms with Crippen LogP contribution in [-0.2, 0) is 0 Å². The molecule has 1 atom stereocenters. The molecule has 0 saturated carbocycles. The molecule has 1 heterocycles. The summed E-state index contributed by atoms with van der Waals surface area (Å²) in [5, 5.41) is 10.3. The van der Waals surface area contributed by atoms with Gasteiger partial charge < -0.3 is 10.0 Å². The van der Waals surface area contributed by atoms with Gasteiger partial charge in [-0.1, -0.05) is 36.4 Å². The van der Waals surface area contributed by atoms with E-state index in [1.54, 1.807) is 11.8 Å². The predicted octanol–water partition coefficient (Wildman–Crippen LogP) is 3.27. The van der Waals surface area contributed by atoms with Crippen molar-refractivity contribution in [3.63, 3.8) is 0 Å². The molecule has 0 aromatic heterocycles. The van der Waals surface area contributed by atoms with E-state index in [0.29, 0.717) is 0 Å². The number of hydrogen-bond acceptors (Lipinski definition) is 4. The Kier molecular flexibility index (Phi) is 6.18. The summed E-state index contributed by atoms with van der Waals surface area (Å²) in [6.45, 7) is 7.03. The Morgan fingerprint density at radius 2 is 1.62 bits per heavy atom. The normalized spacial score (nSPS) is 17.0. The highest BCUT2D eigenvalue weighted by Crippen LogP contribution is 2.21. The van der Waals surface area contributed by atoms with Crippen LogP contribution < -0.4 is 4.90 Å². The SMILES string of the molecule is Cc1ccccc1N1CCN(CC(O)CSc2ccccc2)CC1. The average molecular weight is 343 g/mol. The van der Waals surface area contributed by atoms with E-state index < -0.39 is 0 Å². The van der Waals surface area contributed by atoms with Crippen LogP contribution in [-0.4, -0.2) is 54.6 Å². The standard InChI is InChI=1S/C20H26N2OS/c1-17-7-5-6-10-20(17)22-13-11-21(12-14-22)15-18(23)16-24-19-8-3-2-4-9-19/h2-10,18,23H,11-16H2,1H3. The number of piperazine rings is 1. The third kappa shape index (κ3) is 4.76. The smallest absolute Gasteiger partial charge is 0.0760 e. The summed E-state index contributed by atoms with van der Waals surface area (Å²) >= 11 is 1.73. The number of β-amino-alcohol motifs (C(OH)–C–C–N with tert-alkyl or cyclic N) is 1. The second-order valence-electron chi connectivity index (χ2n) is 6.35. The summed E-state index contributed by atoms with van der Waals surface area (Å²) < 4.78 is 0. The summed E-state index contributed by atoms with van der Waals surface area (Å²) in [7, 11) is 0. The van der Waals surface area contributed by atoms with Crippen molar-refractivity contribution < 1.29 is 5.11 Å². The fourth-order valence-corrected chi connectivity index (χ4v) is 3.99. The lowest BCUT2D eigenvalue weighted by molar-refractivity contribution is 0.126. The average Bonchev–Trinajstić information content (AvgIpc) is 2.62. The first-order valence-electron chi connectivity index (χ1n) is 8.61. The number of benzene rings is 2. The lowest BCUT2D eigenvalue weighted by Crippen LogP contribution is -2.49. The van der Waals surface area contributed by atoms with Crippen molar-refractivity contribution >= 4 is 17.4 Å². The van der Waals surface area contributed by atoms with Gasteiger partial charge in [-0.25, -0.2) is 0 Å². The van der Waals surface area contributed by atoms with Gasteiger partial charge in [0.2, 0.25) is 0 Å². The maximum atomic E-state index is 10.3. The molecule has 1 N–H and O–H groups in total. The van der Waals surface area contributed by atoms with E-state index in [0.717, 1.165) is 38.5 Å². The molecule has 1 unspecified atom stereocenters. The number of aliphatic hydroxyl groups excluding tert-OH is 1. The number of nitrogens with zero attached hydrogens (tertiary/aromatic N) is 2. The van der Waals surface area contributed by atoms with Crippen molar-refractivity contribution in [2.45, 2.75) is 17.9 Å². The van der Waals surface area contributed by atoms with Crippen LogP contribution >= 0.6 is 11.8 Å². The Labute approximate surface area is 149 Å². The Morgan fingerprint density at radius 3 is 2.33 bits per heavy atom. The highest BCUT2D eigenvalue weighted by Gasteiger charge is 2.20. The maximum Gasteiger partial charge on any atom is 0.0760 e. The molecule has 1 aliphatic rings. The Hall–Kier alpha value is -1.49. The van der Waals surface area contributed by atoms with Crippen LogP contribution in [0.4, 0.5) is 5.69 Å². The van der Waals surface area contributed by atoms with Crippen molar-refractivity contribution in [3.05, 3.63) is 60.2 Å². The molecule has 1 aliphatic heterocycles. The lowest BCUT2D eigenvalue weighted by atomic mass is 10.1. The lowest BCUT2D eigenvalue weighted by Gasteiger charge is -2.37.